The van der Waals surface area contributed by atoms with Gasteiger partial charge in [0.2, 0.25) is 0 Å². The lowest BCUT2D eigenvalue weighted by atomic mass is 10.1. The normalized spacial score (nSPS) is 11.5. The second kappa shape index (κ2) is 6.52. The largest absolute Gasteiger partial charge is 0.507 e. The van der Waals surface area contributed by atoms with Gasteiger partial charge in [0.05, 0.1) is 17.5 Å². The Morgan fingerprint density at radius 1 is 1.35 bits per heavy atom. The van der Waals surface area contributed by atoms with Gasteiger partial charge in [-0.3, -0.25) is 9.78 Å². The fraction of sp³-hybridized carbons (Fsp3) is 0.0714. The number of aromatic nitrogens is 2. The molecule has 5 N–H and O–H groups in total. The molecule has 0 unspecified atom stereocenters. The van der Waals surface area contributed by atoms with Gasteiger partial charge in [0.25, 0.3) is 5.91 Å². The van der Waals surface area contributed by atoms with Crippen molar-refractivity contribution in [1.29, 1.82) is 0 Å². The van der Waals surface area contributed by atoms with E-state index < -0.39 is 17.4 Å². The van der Waals surface area contributed by atoms with Gasteiger partial charge in [-0.05, 0) is 24.2 Å². The number of phenols is 1. The van der Waals surface area contributed by atoms with Crippen molar-refractivity contribution in [2.24, 2.45) is 5.18 Å². The van der Waals surface area contributed by atoms with Crippen LogP contribution in [0.1, 0.15) is 12.5 Å². The molecular weight excluding hydrogens is 302 g/mol. The first kappa shape index (κ1) is 15.9. The molecule has 23 heavy (non-hydrogen) atoms. The fourth-order valence-corrected chi connectivity index (χ4v) is 1.75. The smallest absolute Gasteiger partial charge is 0.256 e. The molecule has 0 aliphatic carbocycles. The maximum absolute atomic E-state index is 12.1. The van der Waals surface area contributed by atoms with Crippen molar-refractivity contribution >= 4 is 28.9 Å². The van der Waals surface area contributed by atoms with Crippen LogP contribution in [0, 0.1) is 4.91 Å². The summed E-state index contributed by atoms with van der Waals surface area (Å²) in [5, 5.41) is 24.8. The number of nitrogens with two attached hydrogens (primary N) is 1. The zero-order chi connectivity index (χ0) is 17.0. The fourth-order valence-electron chi connectivity index (χ4n) is 1.75. The lowest BCUT2D eigenvalue weighted by Crippen LogP contribution is -2.15. The van der Waals surface area contributed by atoms with Gasteiger partial charge >= 0.3 is 0 Å². The number of carbonyl (C=O) groups excluding carboxylic acids is 1. The van der Waals surface area contributed by atoms with Crippen LogP contribution in [0.5, 0.6) is 5.75 Å². The SMILES string of the molecule is C/C(C(=O)Nc1cnccn1)=C(/O)c1cc(N)c(O)c(N=O)c1. The number of nitrogens with zero attached hydrogens (tertiary/aromatic N) is 3. The summed E-state index contributed by atoms with van der Waals surface area (Å²) < 4.78 is 0. The number of nitrogens with one attached hydrogen (secondary N) is 1. The number of aromatic hydroxyl groups is 1. The van der Waals surface area contributed by atoms with Gasteiger partial charge < -0.3 is 21.3 Å². The summed E-state index contributed by atoms with van der Waals surface area (Å²) >= 11 is 0. The van der Waals surface area contributed by atoms with E-state index in [9.17, 15) is 19.9 Å². The number of hydrogen-bond acceptors (Lipinski definition) is 8. The molecule has 0 saturated heterocycles. The number of aliphatic hydroxyl groups excluding tert-OH is 1. The molecule has 0 spiro atoms. The molecule has 1 aromatic carbocycles. The third-order valence-electron chi connectivity index (χ3n) is 2.99. The topological polar surface area (TPSA) is 151 Å². The van der Waals surface area contributed by atoms with Crippen LogP contribution in [0.3, 0.4) is 0 Å². The number of hydrogen-bond donors (Lipinski definition) is 4. The molecule has 0 radical (unpaired) electrons. The zero-order valence-corrected chi connectivity index (χ0v) is 12.0. The Morgan fingerprint density at radius 3 is 2.70 bits per heavy atom. The predicted molar refractivity (Wildman–Crippen MR) is 83.9 cm³/mol. The van der Waals surface area contributed by atoms with Crippen molar-refractivity contribution in [2.45, 2.75) is 6.92 Å². The first-order valence-electron chi connectivity index (χ1n) is 6.37. The van der Waals surface area contributed by atoms with Gasteiger partial charge in [0.15, 0.2) is 17.3 Å². The van der Waals surface area contributed by atoms with E-state index in [0.29, 0.717) is 0 Å². The van der Waals surface area contributed by atoms with Crippen LogP contribution >= 0.6 is 0 Å². The molecule has 1 aromatic heterocycles. The maximum Gasteiger partial charge on any atom is 0.256 e. The number of carbonyl (C=O) groups is 1. The molecule has 0 saturated carbocycles. The summed E-state index contributed by atoms with van der Waals surface area (Å²) in [6, 6.07) is 2.34. The molecule has 2 rings (SSSR count). The summed E-state index contributed by atoms with van der Waals surface area (Å²) in [4.78, 5) is 30.4. The van der Waals surface area contributed by atoms with Gasteiger partial charge in [0.1, 0.15) is 5.76 Å². The van der Waals surface area contributed by atoms with E-state index in [1.807, 2.05) is 0 Å². The van der Waals surface area contributed by atoms with Crippen LogP contribution in [-0.2, 0) is 4.79 Å². The summed E-state index contributed by atoms with van der Waals surface area (Å²) in [6.07, 6.45) is 4.19. The summed E-state index contributed by atoms with van der Waals surface area (Å²) in [7, 11) is 0. The molecule has 1 amide bonds. The molecule has 0 bridgehead atoms. The summed E-state index contributed by atoms with van der Waals surface area (Å²) in [6.45, 7) is 1.37. The quantitative estimate of drug-likeness (QED) is 0.222. The highest BCUT2D eigenvalue weighted by molar-refractivity contribution is 6.07. The second-order valence-electron chi connectivity index (χ2n) is 4.54. The number of anilines is 2. The van der Waals surface area contributed by atoms with Gasteiger partial charge in [-0.25, -0.2) is 4.98 Å². The maximum atomic E-state index is 12.1. The van der Waals surface area contributed by atoms with Gasteiger partial charge in [-0.2, -0.15) is 0 Å². The van der Waals surface area contributed by atoms with E-state index in [2.05, 4.69) is 20.5 Å². The molecule has 0 fully saturated rings. The first-order valence-corrected chi connectivity index (χ1v) is 6.37. The van der Waals surface area contributed by atoms with Crippen LogP contribution < -0.4 is 11.1 Å². The Hall–Kier alpha value is -3.49. The van der Waals surface area contributed by atoms with Crippen molar-refractivity contribution in [3.05, 3.63) is 46.8 Å². The Kier molecular flexibility index (Phi) is 4.50. The monoisotopic (exact) mass is 315 g/mol. The number of benzene rings is 1. The Morgan fingerprint density at radius 2 is 2.09 bits per heavy atom. The van der Waals surface area contributed by atoms with Crippen LogP contribution in [0.15, 0.2) is 41.5 Å². The Labute approximate surface area is 130 Å². The van der Waals surface area contributed by atoms with E-state index in [1.54, 1.807) is 0 Å². The molecule has 0 atom stereocenters. The number of aliphatic hydroxyl groups is 1. The number of nitrogen functional groups attached to an aromatic ring is 1. The number of phenolic OH excluding ortho intramolecular Hbond substituents is 1. The lowest BCUT2D eigenvalue weighted by Gasteiger charge is -2.09. The highest BCUT2D eigenvalue weighted by Gasteiger charge is 2.16. The van der Waals surface area contributed by atoms with Gasteiger partial charge in [0, 0.05) is 18.0 Å². The van der Waals surface area contributed by atoms with Crippen LogP contribution in [0.4, 0.5) is 17.2 Å². The minimum absolute atomic E-state index is 0.0439. The summed E-state index contributed by atoms with van der Waals surface area (Å²) in [5.41, 5.74) is 5.07. The third-order valence-corrected chi connectivity index (χ3v) is 2.99. The minimum Gasteiger partial charge on any atom is -0.507 e. The highest BCUT2D eigenvalue weighted by atomic mass is 16.3. The van der Waals surface area contributed by atoms with Crippen molar-refractivity contribution in [2.75, 3.05) is 11.1 Å². The lowest BCUT2D eigenvalue weighted by molar-refractivity contribution is -0.112. The predicted octanol–water partition coefficient (Wildman–Crippen LogP) is 2.09. The molecule has 2 aromatic rings. The van der Waals surface area contributed by atoms with E-state index >= 15 is 0 Å². The van der Waals surface area contributed by atoms with Gasteiger partial charge in [-0.15, -0.1) is 4.91 Å². The van der Waals surface area contributed by atoms with Crippen molar-refractivity contribution < 1.29 is 15.0 Å². The first-order chi connectivity index (χ1) is 10.9. The number of rotatable bonds is 4. The molecule has 1 heterocycles. The van der Waals surface area contributed by atoms with E-state index in [-0.39, 0.29) is 28.3 Å². The Bertz CT molecular complexity index is 789. The second-order valence-corrected chi connectivity index (χ2v) is 4.54. The molecule has 0 aliphatic rings. The molecule has 0 aliphatic heterocycles. The van der Waals surface area contributed by atoms with E-state index in [1.165, 1.54) is 31.6 Å². The van der Waals surface area contributed by atoms with E-state index in [0.717, 1.165) is 6.07 Å². The highest BCUT2D eigenvalue weighted by Crippen LogP contribution is 2.35. The van der Waals surface area contributed by atoms with Crippen molar-refractivity contribution in [1.82, 2.24) is 9.97 Å². The average molecular weight is 315 g/mol. The number of amides is 1. The molecule has 9 nitrogen and oxygen atoms in total. The number of nitroso groups, excluding NO2 is 1. The van der Waals surface area contributed by atoms with Gasteiger partial charge in [-0.1, -0.05) is 0 Å². The minimum atomic E-state index is -0.616. The van der Waals surface area contributed by atoms with Crippen molar-refractivity contribution in [3.63, 3.8) is 0 Å². The van der Waals surface area contributed by atoms with Crippen LogP contribution in [0.25, 0.3) is 5.76 Å². The van der Waals surface area contributed by atoms with Crippen LogP contribution in [0.2, 0.25) is 0 Å². The zero-order valence-electron chi connectivity index (χ0n) is 12.0. The molecule has 9 heteroatoms. The molecule has 118 valence electrons. The van der Waals surface area contributed by atoms with E-state index in [4.69, 9.17) is 5.73 Å². The average Bonchev–Trinajstić information content (AvgIpc) is 2.56. The standard InChI is InChI=1S/C14H13N5O4/c1-7(14(22)18-11-6-16-2-3-17-11)12(20)8-4-9(15)13(21)10(5-8)19-23/h2-6,20-21H,15H2,1H3,(H,17,18,22)/b12-7-. The summed E-state index contributed by atoms with van der Waals surface area (Å²) in [5.74, 6) is -1.30. The Balaban J connectivity index is 2.35. The van der Waals surface area contributed by atoms with Crippen molar-refractivity contribution in [3.8, 4) is 5.75 Å². The van der Waals surface area contributed by atoms with Crippen LogP contribution in [-0.4, -0.2) is 26.1 Å². The molecular formula is C14H13N5O4. The third kappa shape index (κ3) is 3.40.